The van der Waals surface area contributed by atoms with Crippen molar-refractivity contribution in [3.8, 4) is 0 Å². The quantitative estimate of drug-likeness (QED) is 0.702. The van der Waals surface area contributed by atoms with E-state index in [0.717, 1.165) is 6.54 Å². The molecule has 2 aromatic carbocycles. The molecule has 2 radical (unpaired) electrons. The van der Waals surface area contributed by atoms with E-state index in [0.29, 0.717) is 0 Å². The summed E-state index contributed by atoms with van der Waals surface area (Å²) in [4.78, 5) is 5.13. The van der Waals surface area contributed by atoms with Crippen molar-refractivity contribution in [2.75, 3.05) is 11.4 Å². The van der Waals surface area contributed by atoms with Crippen LogP contribution >= 0.6 is 11.8 Å². The molecule has 0 aliphatic carbocycles. The Morgan fingerprint density at radius 2 is 1.86 bits per heavy atom. The van der Waals surface area contributed by atoms with E-state index in [9.17, 15) is 0 Å². The molecule has 106 valence electrons. The highest BCUT2D eigenvalue weighted by molar-refractivity contribution is 7.99. The molecule has 3 rings (SSSR count). The SMILES string of the molecule is [B]C(C)c1ccc2c(c1)N(CCCC)c1ccccc1S2. The van der Waals surface area contributed by atoms with Crippen molar-refractivity contribution in [2.24, 2.45) is 0 Å². The third kappa shape index (κ3) is 2.84. The first-order valence-corrected chi connectivity index (χ1v) is 8.46. The van der Waals surface area contributed by atoms with Crippen LogP contribution in [0.5, 0.6) is 0 Å². The van der Waals surface area contributed by atoms with Gasteiger partial charge in [-0.15, -0.1) is 0 Å². The van der Waals surface area contributed by atoms with Gasteiger partial charge >= 0.3 is 0 Å². The van der Waals surface area contributed by atoms with E-state index in [1.54, 1.807) is 0 Å². The molecule has 1 atom stereocenters. The second-order valence-corrected chi connectivity index (χ2v) is 6.67. The van der Waals surface area contributed by atoms with Crippen molar-refractivity contribution >= 4 is 31.0 Å². The third-order valence-electron chi connectivity index (χ3n) is 3.91. The molecule has 0 amide bonds. The van der Waals surface area contributed by atoms with Crippen LogP contribution in [0.3, 0.4) is 0 Å². The molecule has 2 aromatic rings. The second-order valence-electron chi connectivity index (χ2n) is 5.59. The summed E-state index contributed by atoms with van der Waals surface area (Å²) >= 11 is 1.86. The fourth-order valence-electron chi connectivity index (χ4n) is 2.69. The molecule has 0 bridgehead atoms. The van der Waals surface area contributed by atoms with Gasteiger partial charge in [-0.1, -0.05) is 61.6 Å². The molecule has 0 spiro atoms. The van der Waals surface area contributed by atoms with Crippen molar-refractivity contribution in [1.82, 2.24) is 0 Å². The number of hydrogen-bond acceptors (Lipinski definition) is 2. The summed E-state index contributed by atoms with van der Waals surface area (Å²) in [5, 5.41) is 0. The zero-order chi connectivity index (χ0) is 14.8. The average Bonchev–Trinajstić information content (AvgIpc) is 2.50. The first-order valence-electron chi connectivity index (χ1n) is 7.64. The van der Waals surface area contributed by atoms with Crippen LogP contribution in [-0.4, -0.2) is 14.4 Å². The van der Waals surface area contributed by atoms with Gasteiger partial charge in [0.15, 0.2) is 0 Å². The van der Waals surface area contributed by atoms with Crippen LogP contribution < -0.4 is 4.90 Å². The Hall–Kier alpha value is -1.35. The van der Waals surface area contributed by atoms with Crippen LogP contribution in [0.4, 0.5) is 11.4 Å². The highest BCUT2D eigenvalue weighted by Crippen LogP contribution is 2.48. The summed E-state index contributed by atoms with van der Waals surface area (Å²) in [6, 6.07) is 15.3. The molecule has 1 unspecified atom stereocenters. The predicted octanol–water partition coefficient (Wildman–Crippen LogP) is 5.32. The van der Waals surface area contributed by atoms with E-state index >= 15 is 0 Å². The molecule has 1 nitrogen and oxygen atoms in total. The van der Waals surface area contributed by atoms with Crippen molar-refractivity contribution < 1.29 is 0 Å². The van der Waals surface area contributed by atoms with Crippen molar-refractivity contribution in [2.45, 2.75) is 42.3 Å². The van der Waals surface area contributed by atoms with Crippen molar-refractivity contribution in [3.05, 3.63) is 48.0 Å². The van der Waals surface area contributed by atoms with Gasteiger partial charge in [-0.3, -0.25) is 0 Å². The molecule has 21 heavy (non-hydrogen) atoms. The van der Waals surface area contributed by atoms with Gasteiger partial charge in [-0.25, -0.2) is 0 Å². The summed E-state index contributed by atoms with van der Waals surface area (Å²) in [5.41, 5.74) is 3.84. The largest absolute Gasteiger partial charge is 0.340 e. The van der Waals surface area contributed by atoms with Crippen LogP contribution in [0, 0.1) is 0 Å². The fraction of sp³-hybridized carbons (Fsp3) is 0.333. The van der Waals surface area contributed by atoms with Crippen LogP contribution in [0.15, 0.2) is 52.3 Å². The lowest BCUT2D eigenvalue weighted by Crippen LogP contribution is -2.22. The summed E-state index contributed by atoms with van der Waals surface area (Å²) in [7, 11) is 6.06. The first kappa shape index (κ1) is 14.6. The minimum Gasteiger partial charge on any atom is -0.340 e. The molecule has 0 N–H and O–H groups in total. The fourth-order valence-corrected chi connectivity index (χ4v) is 3.76. The number of hydrogen-bond donors (Lipinski definition) is 0. The minimum atomic E-state index is 0.0745. The molecule has 0 saturated carbocycles. The van der Waals surface area contributed by atoms with E-state index in [1.165, 1.54) is 39.6 Å². The lowest BCUT2D eigenvalue weighted by Gasteiger charge is -2.33. The lowest BCUT2D eigenvalue weighted by atomic mass is 9.83. The molecular weight excluding hydrogens is 273 g/mol. The minimum absolute atomic E-state index is 0.0745. The summed E-state index contributed by atoms with van der Waals surface area (Å²) in [5.74, 6) is 0.0745. The zero-order valence-corrected chi connectivity index (χ0v) is 13.5. The molecule has 1 aliphatic heterocycles. The first-order chi connectivity index (χ1) is 10.2. The number of benzene rings is 2. The van der Waals surface area contributed by atoms with E-state index in [4.69, 9.17) is 7.85 Å². The van der Waals surface area contributed by atoms with E-state index in [2.05, 4.69) is 54.3 Å². The van der Waals surface area contributed by atoms with Gasteiger partial charge in [0, 0.05) is 16.3 Å². The topological polar surface area (TPSA) is 3.24 Å². The smallest absolute Gasteiger partial charge is 0.0759 e. The number of anilines is 2. The van der Waals surface area contributed by atoms with Gasteiger partial charge in [-0.2, -0.15) is 0 Å². The number of rotatable bonds is 4. The van der Waals surface area contributed by atoms with Gasteiger partial charge < -0.3 is 4.90 Å². The molecule has 1 aliphatic rings. The van der Waals surface area contributed by atoms with Gasteiger partial charge in [0.2, 0.25) is 0 Å². The van der Waals surface area contributed by atoms with Gasteiger partial charge in [0.1, 0.15) is 0 Å². The Kier molecular flexibility index (Phi) is 4.30. The number of para-hydroxylation sites is 1. The normalized spacial score (nSPS) is 14.5. The number of unbranched alkanes of at least 4 members (excludes halogenated alkanes) is 1. The van der Waals surface area contributed by atoms with Gasteiger partial charge in [0.05, 0.1) is 19.2 Å². The zero-order valence-electron chi connectivity index (χ0n) is 12.7. The summed E-state index contributed by atoms with van der Waals surface area (Å²) in [6.07, 6.45) is 2.40. The lowest BCUT2D eigenvalue weighted by molar-refractivity contribution is 0.776. The Balaban J connectivity index is 2.07. The molecule has 0 fully saturated rings. The summed E-state index contributed by atoms with van der Waals surface area (Å²) in [6.45, 7) is 5.34. The highest BCUT2D eigenvalue weighted by atomic mass is 32.2. The third-order valence-corrected chi connectivity index (χ3v) is 5.04. The standard InChI is InChI=1S/C18H20BNS/c1-3-4-11-20-15-7-5-6-8-17(15)21-18-10-9-14(13(2)19)12-16(18)20/h5-10,12-13H,3-4,11H2,1-2H3. The van der Waals surface area contributed by atoms with E-state index < -0.39 is 0 Å². The van der Waals surface area contributed by atoms with Crippen LogP contribution in [-0.2, 0) is 0 Å². The second kappa shape index (κ2) is 6.19. The Morgan fingerprint density at radius 3 is 2.62 bits per heavy atom. The molecule has 1 heterocycles. The monoisotopic (exact) mass is 293 g/mol. The highest BCUT2D eigenvalue weighted by Gasteiger charge is 2.23. The van der Waals surface area contributed by atoms with E-state index in [1.807, 2.05) is 18.7 Å². The number of nitrogens with zero attached hydrogens (tertiary/aromatic N) is 1. The maximum Gasteiger partial charge on any atom is 0.0759 e. The predicted molar refractivity (Wildman–Crippen MR) is 93.1 cm³/mol. The van der Waals surface area contributed by atoms with Crippen molar-refractivity contribution in [1.29, 1.82) is 0 Å². The maximum absolute atomic E-state index is 6.06. The maximum atomic E-state index is 6.06. The average molecular weight is 293 g/mol. The van der Waals surface area contributed by atoms with Crippen LogP contribution in [0.25, 0.3) is 0 Å². The Bertz CT molecular complexity index is 639. The molecular formula is C18H20BNS. The Labute approximate surface area is 133 Å². The molecule has 0 saturated heterocycles. The van der Waals surface area contributed by atoms with E-state index in [-0.39, 0.29) is 5.82 Å². The Morgan fingerprint density at radius 1 is 1.10 bits per heavy atom. The van der Waals surface area contributed by atoms with Crippen molar-refractivity contribution in [3.63, 3.8) is 0 Å². The molecule has 0 aromatic heterocycles. The van der Waals surface area contributed by atoms with Gasteiger partial charge in [-0.05, 0) is 30.7 Å². The van der Waals surface area contributed by atoms with Gasteiger partial charge in [0.25, 0.3) is 0 Å². The number of fused-ring (bicyclic) bond motifs is 2. The van der Waals surface area contributed by atoms with Crippen LogP contribution in [0.1, 0.15) is 38.1 Å². The van der Waals surface area contributed by atoms with Crippen LogP contribution in [0.2, 0.25) is 0 Å². The summed E-state index contributed by atoms with van der Waals surface area (Å²) < 4.78 is 0. The molecule has 3 heteroatoms.